The van der Waals surface area contributed by atoms with Crippen molar-refractivity contribution < 1.29 is 13.2 Å². The van der Waals surface area contributed by atoms with Gasteiger partial charge in [-0.1, -0.05) is 0 Å². The largest absolute Gasteiger partial charge is 0.337 e. The predicted molar refractivity (Wildman–Crippen MR) is 67.6 cm³/mol. The molecule has 5 nitrogen and oxygen atoms in total. The number of hydrogen-bond acceptors (Lipinski definition) is 4. The first kappa shape index (κ1) is 14.4. The van der Waals surface area contributed by atoms with Gasteiger partial charge in [0.1, 0.15) is 9.84 Å². The molecule has 0 saturated carbocycles. The van der Waals surface area contributed by atoms with Gasteiger partial charge in [-0.2, -0.15) is 0 Å². The second kappa shape index (κ2) is 5.35. The molecule has 6 heteroatoms. The molecule has 0 radical (unpaired) electrons. The van der Waals surface area contributed by atoms with E-state index >= 15 is 0 Å². The number of carbonyl (C=O) groups excluding carboxylic acids is 1. The standard InChI is InChI=1S/C11H22N2O3S/c1-9-10(2)13(7-6-12(9)3)11(14)5-8-17(4,15)16/h9-10H,5-8H2,1-4H3. The molecule has 1 aliphatic rings. The average molecular weight is 262 g/mol. The Morgan fingerprint density at radius 1 is 1.24 bits per heavy atom. The van der Waals surface area contributed by atoms with Gasteiger partial charge < -0.3 is 4.90 Å². The van der Waals surface area contributed by atoms with Gasteiger partial charge in [-0.15, -0.1) is 0 Å². The Morgan fingerprint density at radius 3 is 2.35 bits per heavy atom. The lowest BCUT2D eigenvalue weighted by Crippen LogP contribution is -2.57. The van der Waals surface area contributed by atoms with Gasteiger partial charge in [0.05, 0.1) is 5.75 Å². The summed E-state index contributed by atoms with van der Waals surface area (Å²) in [5, 5.41) is 0. The SMILES string of the molecule is CC1C(C)N(C(=O)CCS(C)(=O)=O)CCN1C. The Hall–Kier alpha value is -0.620. The molecule has 17 heavy (non-hydrogen) atoms. The molecule has 0 N–H and O–H groups in total. The van der Waals surface area contributed by atoms with Crippen molar-refractivity contribution in [2.45, 2.75) is 32.4 Å². The molecule has 1 rings (SSSR count). The molecule has 0 aromatic heterocycles. The van der Waals surface area contributed by atoms with Gasteiger partial charge in [0.2, 0.25) is 5.91 Å². The van der Waals surface area contributed by atoms with Crippen molar-refractivity contribution >= 4 is 15.7 Å². The van der Waals surface area contributed by atoms with E-state index in [1.807, 2.05) is 14.0 Å². The van der Waals surface area contributed by atoms with E-state index in [1.165, 1.54) is 0 Å². The van der Waals surface area contributed by atoms with Crippen LogP contribution in [0.15, 0.2) is 0 Å². The van der Waals surface area contributed by atoms with Crippen LogP contribution in [0.4, 0.5) is 0 Å². The molecule has 100 valence electrons. The van der Waals surface area contributed by atoms with Crippen LogP contribution in [0.2, 0.25) is 0 Å². The number of likely N-dealkylation sites (N-methyl/N-ethyl adjacent to an activating group) is 1. The zero-order valence-corrected chi connectivity index (χ0v) is 11.8. The number of sulfone groups is 1. The van der Waals surface area contributed by atoms with Crippen molar-refractivity contribution in [1.82, 2.24) is 9.80 Å². The second-order valence-electron chi connectivity index (χ2n) is 4.93. The van der Waals surface area contributed by atoms with E-state index in [0.29, 0.717) is 12.6 Å². The second-order valence-corrected chi connectivity index (χ2v) is 7.19. The Kier molecular flexibility index (Phi) is 4.55. The van der Waals surface area contributed by atoms with E-state index < -0.39 is 9.84 Å². The molecule has 1 saturated heterocycles. The lowest BCUT2D eigenvalue weighted by molar-refractivity contribution is -0.136. The molecular formula is C11H22N2O3S. The minimum absolute atomic E-state index is 0.0529. The maximum atomic E-state index is 12.0. The number of hydrogen-bond donors (Lipinski definition) is 0. The van der Waals surface area contributed by atoms with Gasteiger partial charge in [0.15, 0.2) is 0 Å². The lowest BCUT2D eigenvalue weighted by Gasteiger charge is -2.43. The van der Waals surface area contributed by atoms with E-state index in [9.17, 15) is 13.2 Å². The highest BCUT2D eigenvalue weighted by Gasteiger charge is 2.31. The minimum Gasteiger partial charge on any atom is -0.337 e. The Bertz CT molecular complexity index is 380. The molecule has 2 atom stereocenters. The number of nitrogens with zero attached hydrogens (tertiary/aromatic N) is 2. The first-order chi connectivity index (χ1) is 7.72. The van der Waals surface area contributed by atoms with Crippen LogP contribution in [0.3, 0.4) is 0 Å². The third-order valence-electron chi connectivity index (χ3n) is 3.59. The summed E-state index contributed by atoms with van der Waals surface area (Å²) in [4.78, 5) is 16.0. The van der Waals surface area contributed by atoms with Crippen LogP contribution >= 0.6 is 0 Å². The molecule has 0 spiro atoms. The van der Waals surface area contributed by atoms with Crippen molar-refractivity contribution in [3.63, 3.8) is 0 Å². The van der Waals surface area contributed by atoms with Gasteiger partial charge >= 0.3 is 0 Å². The van der Waals surface area contributed by atoms with Crippen LogP contribution in [0.25, 0.3) is 0 Å². The first-order valence-electron chi connectivity index (χ1n) is 5.90. The Balaban J connectivity index is 2.58. The number of carbonyl (C=O) groups is 1. The van der Waals surface area contributed by atoms with Crippen LogP contribution in [0.1, 0.15) is 20.3 Å². The fraction of sp³-hybridized carbons (Fsp3) is 0.909. The summed E-state index contributed by atoms with van der Waals surface area (Å²) in [6.07, 6.45) is 1.26. The third kappa shape index (κ3) is 3.96. The van der Waals surface area contributed by atoms with Crippen molar-refractivity contribution in [1.29, 1.82) is 0 Å². The van der Waals surface area contributed by atoms with Crippen molar-refractivity contribution in [2.24, 2.45) is 0 Å². The summed E-state index contributed by atoms with van der Waals surface area (Å²) in [7, 11) is -1.02. The summed E-state index contributed by atoms with van der Waals surface area (Å²) in [6.45, 7) is 5.63. The van der Waals surface area contributed by atoms with Crippen molar-refractivity contribution in [2.75, 3.05) is 32.1 Å². The molecule has 0 aromatic rings. The van der Waals surface area contributed by atoms with E-state index in [-0.39, 0.29) is 24.1 Å². The average Bonchev–Trinajstić information content (AvgIpc) is 2.22. The molecule has 1 amide bonds. The monoisotopic (exact) mass is 262 g/mol. The van der Waals surface area contributed by atoms with Crippen molar-refractivity contribution in [3.05, 3.63) is 0 Å². The van der Waals surface area contributed by atoms with Gasteiger partial charge in [-0.3, -0.25) is 9.69 Å². The Morgan fingerprint density at radius 2 is 1.82 bits per heavy atom. The molecule has 0 bridgehead atoms. The molecule has 0 aliphatic carbocycles. The first-order valence-corrected chi connectivity index (χ1v) is 7.96. The van der Waals surface area contributed by atoms with Gasteiger partial charge in [-0.05, 0) is 20.9 Å². The fourth-order valence-electron chi connectivity index (χ4n) is 2.07. The summed E-state index contributed by atoms with van der Waals surface area (Å²) in [6, 6.07) is 0.451. The van der Waals surface area contributed by atoms with Crippen LogP contribution in [-0.2, 0) is 14.6 Å². The molecule has 0 aromatic carbocycles. The van der Waals surface area contributed by atoms with Crippen LogP contribution in [0, 0.1) is 0 Å². The van der Waals surface area contributed by atoms with Crippen LogP contribution < -0.4 is 0 Å². The van der Waals surface area contributed by atoms with Crippen LogP contribution in [0.5, 0.6) is 0 Å². The van der Waals surface area contributed by atoms with Crippen LogP contribution in [-0.4, -0.2) is 68.4 Å². The molecule has 1 fully saturated rings. The minimum atomic E-state index is -3.06. The number of piperazine rings is 1. The van der Waals surface area contributed by atoms with E-state index in [0.717, 1.165) is 12.8 Å². The zero-order valence-electron chi connectivity index (χ0n) is 11.0. The number of amides is 1. The summed E-state index contributed by atoms with van der Waals surface area (Å²) in [5.74, 6) is -0.109. The lowest BCUT2D eigenvalue weighted by atomic mass is 10.1. The molecular weight excluding hydrogens is 240 g/mol. The van der Waals surface area contributed by atoms with Gasteiger partial charge in [-0.25, -0.2) is 8.42 Å². The van der Waals surface area contributed by atoms with E-state index in [2.05, 4.69) is 11.8 Å². The topological polar surface area (TPSA) is 57.7 Å². The maximum Gasteiger partial charge on any atom is 0.223 e. The quantitative estimate of drug-likeness (QED) is 0.717. The fourth-order valence-corrected chi connectivity index (χ4v) is 2.61. The summed E-state index contributed by atoms with van der Waals surface area (Å²) >= 11 is 0. The molecule has 1 aliphatic heterocycles. The smallest absolute Gasteiger partial charge is 0.223 e. The van der Waals surface area contributed by atoms with Crippen molar-refractivity contribution in [3.8, 4) is 0 Å². The highest BCUT2D eigenvalue weighted by atomic mass is 32.2. The van der Waals surface area contributed by atoms with Gasteiger partial charge in [0.25, 0.3) is 0 Å². The van der Waals surface area contributed by atoms with Gasteiger partial charge in [0, 0.05) is 37.8 Å². The normalized spacial score (nSPS) is 27.2. The molecule has 1 heterocycles. The summed E-state index contributed by atoms with van der Waals surface area (Å²) in [5.41, 5.74) is 0. The highest BCUT2D eigenvalue weighted by Crippen LogP contribution is 2.16. The highest BCUT2D eigenvalue weighted by molar-refractivity contribution is 7.90. The zero-order chi connectivity index (χ0) is 13.2. The van der Waals surface area contributed by atoms with E-state index in [1.54, 1.807) is 4.90 Å². The summed E-state index contributed by atoms with van der Waals surface area (Å²) < 4.78 is 22.1. The third-order valence-corrected chi connectivity index (χ3v) is 4.53. The van der Waals surface area contributed by atoms with E-state index in [4.69, 9.17) is 0 Å². The number of rotatable bonds is 3. The maximum absolute atomic E-state index is 12.0. The molecule has 2 unspecified atom stereocenters. The Labute approximate surface area is 104 Å². The predicted octanol–water partition coefficient (Wildman–Crippen LogP) is -0.0279.